The molecule has 0 N–H and O–H groups in total. The highest BCUT2D eigenvalue weighted by atomic mass is 28.4. The molecule has 0 spiro atoms. The van der Waals surface area contributed by atoms with Gasteiger partial charge >= 0.3 is 0 Å². The molecule has 0 unspecified atom stereocenters. The molecule has 166 valence electrons. The van der Waals surface area contributed by atoms with Crippen LogP contribution >= 0.6 is 0 Å². The summed E-state index contributed by atoms with van der Waals surface area (Å²) in [5, 5.41) is 0.197. The summed E-state index contributed by atoms with van der Waals surface area (Å²) in [5.41, 5.74) is 3.93. The number of aryl methyl sites for hydroxylation is 1. The van der Waals surface area contributed by atoms with Crippen LogP contribution < -0.4 is 4.74 Å². The molecule has 1 aliphatic heterocycles. The number of para-hydroxylation sites is 1. The second-order valence-corrected chi connectivity index (χ2v) is 15.8. The van der Waals surface area contributed by atoms with Crippen molar-refractivity contribution in [1.82, 2.24) is 0 Å². The van der Waals surface area contributed by atoms with E-state index in [-0.39, 0.29) is 23.0 Å². The highest BCUT2D eigenvalue weighted by Crippen LogP contribution is 2.54. The number of ether oxygens (including phenoxy) is 1. The van der Waals surface area contributed by atoms with Crippen LogP contribution in [0.25, 0.3) is 0 Å². The number of rotatable bonds is 7. The smallest absolute Gasteiger partial charge is 0.192 e. The molecular weight excluding hydrogens is 388 g/mol. The van der Waals surface area contributed by atoms with Crippen LogP contribution in [0.15, 0.2) is 29.8 Å². The van der Waals surface area contributed by atoms with Gasteiger partial charge in [0.2, 0.25) is 0 Å². The van der Waals surface area contributed by atoms with Gasteiger partial charge in [-0.25, -0.2) is 0 Å². The van der Waals surface area contributed by atoms with Crippen LogP contribution in [-0.2, 0) is 15.6 Å². The summed E-state index contributed by atoms with van der Waals surface area (Å²) < 4.78 is 13.5. The Morgan fingerprint density at radius 2 is 1.93 bits per heavy atom. The monoisotopic (exact) mass is 428 g/mol. The lowest BCUT2D eigenvalue weighted by atomic mass is 9.86. The van der Waals surface area contributed by atoms with Gasteiger partial charge in [0.05, 0.1) is 6.10 Å². The maximum Gasteiger partial charge on any atom is 0.192 e. The van der Waals surface area contributed by atoms with Crippen LogP contribution in [-0.4, -0.2) is 26.3 Å². The molecule has 30 heavy (non-hydrogen) atoms. The molecule has 1 aromatic rings. The average molecular weight is 429 g/mol. The number of carbonyl (C=O) groups is 1. The molecule has 0 saturated heterocycles. The van der Waals surface area contributed by atoms with Crippen molar-refractivity contribution in [2.24, 2.45) is 5.92 Å². The Balaban J connectivity index is 1.88. The fraction of sp³-hybridized carbons (Fsp3) is 0.654. The number of carbonyl (C=O) groups excluding carboxylic acids is 1. The van der Waals surface area contributed by atoms with Crippen LogP contribution in [0, 0.1) is 5.92 Å². The predicted octanol–water partition coefficient (Wildman–Crippen LogP) is 6.82. The molecular formula is C26H40O3Si. The van der Waals surface area contributed by atoms with E-state index in [1.807, 2.05) is 0 Å². The fourth-order valence-corrected chi connectivity index (χ4v) is 6.07. The van der Waals surface area contributed by atoms with E-state index in [4.69, 9.17) is 9.16 Å². The average Bonchev–Trinajstić information content (AvgIpc) is 3.10. The maximum absolute atomic E-state index is 11.3. The van der Waals surface area contributed by atoms with Crippen molar-refractivity contribution in [3.05, 3.63) is 41.0 Å². The zero-order chi connectivity index (χ0) is 22.3. The molecule has 4 heteroatoms. The minimum atomic E-state index is -1.86. The molecule has 0 bridgehead atoms. The summed E-state index contributed by atoms with van der Waals surface area (Å²) in [6, 6.07) is 6.57. The maximum atomic E-state index is 11.3. The molecule has 0 aromatic heterocycles. The predicted molar refractivity (Wildman–Crippen MR) is 127 cm³/mol. The Hall–Kier alpha value is -1.39. The van der Waals surface area contributed by atoms with E-state index in [0.717, 1.165) is 25.0 Å². The Morgan fingerprint density at radius 3 is 2.53 bits per heavy atom. The molecule has 1 heterocycles. The molecule has 0 radical (unpaired) electrons. The summed E-state index contributed by atoms with van der Waals surface area (Å²) in [6.07, 6.45) is 6.20. The second-order valence-electron chi connectivity index (χ2n) is 11.0. The number of benzene rings is 1. The summed E-state index contributed by atoms with van der Waals surface area (Å²) in [4.78, 5) is 11.3. The van der Waals surface area contributed by atoms with Crippen molar-refractivity contribution in [3.8, 4) is 5.75 Å². The fourth-order valence-electron chi connectivity index (χ4n) is 4.71. The van der Waals surface area contributed by atoms with Crippen molar-refractivity contribution in [2.75, 3.05) is 0 Å². The molecule has 1 aliphatic carbocycles. The molecule has 1 fully saturated rings. The Kier molecular flexibility index (Phi) is 6.69. The van der Waals surface area contributed by atoms with E-state index in [0.29, 0.717) is 18.3 Å². The van der Waals surface area contributed by atoms with Crippen LogP contribution in [0.2, 0.25) is 18.1 Å². The molecule has 4 atom stereocenters. The van der Waals surface area contributed by atoms with Crippen molar-refractivity contribution < 1.29 is 14.0 Å². The molecule has 1 saturated carbocycles. The number of allylic oxidation sites excluding steroid dienone is 1. The van der Waals surface area contributed by atoms with Crippen LogP contribution in [0.5, 0.6) is 5.75 Å². The third-order valence-electron chi connectivity index (χ3n) is 7.22. The first kappa shape index (κ1) is 23.3. The van der Waals surface area contributed by atoms with Crippen molar-refractivity contribution >= 4 is 14.1 Å². The van der Waals surface area contributed by atoms with E-state index in [1.54, 1.807) is 6.92 Å². The minimum absolute atomic E-state index is 0.185. The van der Waals surface area contributed by atoms with Gasteiger partial charge in [-0.3, -0.25) is 0 Å². The second kappa shape index (κ2) is 8.62. The summed E-state index contributed by atoms with van der Waals surface area (Å²) in [5.74, 6) is 2.05. The largest absolute Gasteiger partial charge is 0.489 e. The molecule has 1 aromatic carbocycles. The van der Waals surface area contributed by atoms with Gasteiger partial charge in [0.1, 0.15) is 17.6 Å². The van der Waals surface area contributed by atoms with E-state index in [1.165, 1.54) is 16.7 Å². The van der Waals surface area contributed by atoms with Crippen molar-refractivity contribution in [1.29, 1.82) is 0 Å². The normalized spacial score (nSPS) is 25.5. The Labute approximate surface area is 184 Å². The van der Waals surface area contributed by atoms with Gasteiger partial charge in [0.25, 0.3) is 0 Å². The van der Waals surface area contributed by atoms with Gasteiger partial charge in [0, 0.05) is 30.2 Å². The molecule has 0 amide bonds. The first-order valence-electron chi connectivity index (χ1n) is 11.5. The summed E-state index contributed by atoms with van der Waals surface area (Å²) in [7, 11) is -1.86. The third-order valence-corrected chi connectivity index (χ3v) is 11.7. The highest BCUT2D eigenvalue weighted by Gasteiger charge is 2.52. The number of Topliss-reactive ketones (excluding diaryl/α,β-unsaturated/α-hetero) is 1. The quantitative estimate of drug-likeness (QED) is 0.353. The number of ketones is 1. The van der Waals surface area contributed by atoms with Crippen LogP contribution in [0.1, 0.15) is 77.8 Å². The highest BCUT2D eigenvalue weighted by molar-refractivity contribution is 6.74. The van der Waals surface area contributed by atoms with Crippen molar-refractivity contribution in [2.45, 2.75) is 103 Å². The lowest BCUT2D eigenvalue weighted by Crippen LogP contribution is -2.45. The Bertz CT molecular complexity index is 814. The lowest BCUT2D eigenvalue weighted by molar-refractivity contribution is -0.117. The minimum Gasteiger partial charge on any atom is -0.489 e. The van der Waals surface area contributed by atoms with E-state index in [2.05, 4.69) is 72.0 Å². The van der Waals surface area contributed by atoms with E-state index in [9.17, 15) is 4.79 Å². The van der Waals surface area contributed by atoms with Gasteiger partial charge in [-0.2, -0.15) is 0 Å². The van der Waals surface area contributed by atoms with Crippen LogP contribution in [0.3, 0.4) is 0 Å². The van der Waals surface area contributed by atoms with Gasteiger partial charge in [0.15, 0.2) is 8.32 Å². The lowest BCUT2D eigenvalue weighted by Gasteiger charge is -2.40. The SMILES string of the molecule is CC(=O)CCCc1cccc2c1O[C@H]1C[C@@H](O[Si](C)(C)C(C)(C)C)[C@H](C=C(C)C)[C@@H]21. The topological polar surface area (TPSA) is 35.5 Å². The van der Waals surface area contributed by atoms with Gasteiger partial charge in [-0.05, 0) is 57.3 Å². The van der Waals surface area contributed by atoms with E-state index >= 15 is 0 Å². The summed E-state index contributed by atoms with van der Waals surface area (Å²) >= 11 is 0. The zero-order valence-corrected chi connectivity index (χ0v) is 21.2. The molecule has 2 aliphatic rings. The summed E-state index contributed by atoms with van der Waals surface area (Å²) in [6.45, 7) is 17.7. The van der Waals surface area contributed by atoms with Gasteiger partial charge < -0.3 is 14.0 Å². The van der Waals surface area contributed by atoms with Gasteiger partial charge in [-0.1, -0.05) is 50.6 Å². The first-order valence-corrected chi connectivity index (χ1v) is 14.4. The third kappa shape index (κ3) is 4.75. The Morgan fingerprint density at radius 1 is 1.23 bits per heavy atom. The van der Waals surface area contributed by atoms with E-state index < -0.39 is 8.32 Å². The zero-order valence-electron chi connectivity index (χ0n) is 20.2. The van der Waals surface area contributed by atoms with Crippen molar-refractivity contribution in [3.63, 3.8) is 0 Å². The first-order chi connectivity index (χ1) is 13.9. The standard InChI is InChI=1S/C26H40O3Si/c1-17(2)15-21-22(29-30(7,8)26(4,5)6)16-23-24(21)20-14-10-13-19(25(20)28-23)12-9-11-18(3)27/h10,13-15,21-24H,9,11-12,16H2,1-8H3/t21-,22+,23-,24+/m0/s1. The van der Waals surface area contributed by atoms with Gasteiger partial charge in [-0.15, -0.1) is 0 Å². The number of hydrogen-bond acceptors (Lipinski definition) is 3. The molecule has 3 nitrogen and oxygen atoms in total. The van der Waals surface area contributed by atoms with Crippen LogP contribution in [0.4, 0.5) is 0 Å². The molecule has 3 rings (SSSR count). The number of hydrogen-bond donors (Lipinski definition) is 0. The number of fused-ring (bicyclic) bond motifs is 3.